The van der Waals surface area contributed by atoms with E-state index in [0.717, 1.165) is 4.90 Å². The number of amides is 2. The van der Waals surface area contributed by atoms with E-state index >= 15 is 0 Å². The molecule has 1 aliphatic rings. The van der Waals surface area contributed by atoms with Gasteiger partial charge in [-0.3, -0.25) is 10.1 Å². The first kappa shape index (κ1) is 18.4. The van der Waals surface area contributed by atoms with E-state index in [1.807, 2.05) is 0 Å². The Hall–Kier alpha value is -1.97. The normalized spacial score (nSPS) is 17.9. The first-order valence-corrected chi connectivity index (χ1v) is 9.09. The van der Waals surface area contributed by atoms with Gasteiger partial charge in [0.05, 0.1) is 38.2 Å². The summed E-state index contributed by atoms with van der Waals surface area (Å²) in [5, 5.41) is 2.14. The summed E-state index contributed by atoms with van der Waals surface area (Å²) in [6.45, 7) is 3.32. The van der Waals surface area contributed by atoms with Gasteiger partial charge in [0.2, 0.25) is 10.0 Å². The summed E-state index contributed by atoms with van der Waals surface area (Å²) in [4.78, 5) is 24.2. The molecule has 132 valence electrons. The molecule has 0 aromatic heterocycles. The predicted octanol–water partition coefficient (Wildman–Crippen LogP) is -1.15. The number of alkyl carbamates (subject to hydrolysis) is 1. The summed E-state index contributed by atoms with van der Waals surface area (Å²) in [6, 6.07) is 7.82. The van der Waals surface area contributed by atoms with Gasteiger partial charge < -0.3 is 9.64 Å². The van der Waals surface area contributed by atoms with E-state index < -0.39 is 28.1 Å². The minimum Gasteiger partial charge on any atom is -0.453 e. The van der Waals surface area contributed by atoms with Crippen molar-refractivity contribution < 1.29 is 27.6 Å². The molecule has 0 unspecified atom stereocenters. The van der Waals surface area contributed by atoms with Crippen LogP contribution in [-0.2, 0) is 19.6 Å². The maximum absolute atomic E-state index is 12.6. The van der Waals surface area contributed by atoms with Crippen LogP contribution < -0.4 is 10.2 Å². The zero-order chi connectivity index (χ0) is 17.7. The highest BCUT2D eigenvalue weighted by Gasteiger charge is 2.34. The Kier molecular flexibility index (Phi) is 5.92. The van der Waals surface area contributed by atoms with Crippen LogP contribution in [0.15, 0.2) is 35.2 Å². The maximum atomic E-state index is 12.6. The molecule has 1 saturated heterocycles. The van der Waals surface area contributed by atoms with Crippen molar-refractivity contribution in [2.24, 2.45) is 0 Å². The van der Waals surface area contributed by atoms with Crippen molar-refractivity contribution in [3.05, 3.63) is 30.3 Å². The Balaban J connectivity index is 1.96. The quantitative estimate of drug-likeness (QED) is 0.710. The predicted molar refractivity (Wildman–Crippen MR) is 85.9 cm³/mol. The van der Waals surface area contributed by atoms with Crippen molar-refractivity contribution >= 4 is 22.0 Å². The monoisotopic (exact) mass is 356 g/mol. The summed E-state index contributed by atoms with van der Waals surface area (Å²) in [7, 11) is -2.32. The van der Waals surface area contributed by atoms with Gasteiger partial charge in [0.25, 0.3) is 5.91 Å². The number of hydrogen-bond acceptors (Lipinski definition) is 5. The number of sulfonamides is 1. The number of nitrogens with zero attached hydrogens (tertiary/aromatic N) is 1. The Morgan fingerprint density at radius 1 is 1.21 bits per heavy atom. The van der Waals surface area contributed by atoms with Crippen LogP contribution >= 0.6 is 0 Å². The zero-order valence-corrected chi connectivity index (χ0v) is 14.5. The van der Waals surface area contributed by atoms with Crippen LogP contribution in [0.1, 0.15) is 6.92 Å². The molecule has 0 aliphatic carbocycles. The van der Waals surface area contributed by atoms with Gasteiger partial charge in [0, 0.05) is 0 Å². The molecule has 24 heavy (non-hydrogen) atoms. The Labute approximate surface area is 141 Å². The molecule has 0 radical (unpaired) electrons. The van der Waals surface area contributed by atoms with E-state index in [0.29, 0.717) is 26.2 Å². The number of nitrogens with one attached hydrogen (secondary N) is 2. The largest absolute Gasteiger partial charge is 0.453 e. The number of piperazine rings is 1. The molecule has 0 spiro atoms. The van der Waals surface area contributed by atoms with E-state index in [9.17, 15) is 18.0 Å². The lowest BCUT2D eigenvalue weighted by Crippen LogP contribution is -3.19. The fourth-order valence-corrected chi connectivity index (χ4v) is 4.10. The van der Waals surface area contributed by atoms with E-state index in [1.54, 1.807) is 37.3 Å². The zero-order valence-electron chi connectivity index (χ0n) is 13.7. The second-order valence-electron chi connectivity index (χ2n) is 5.58. The number of carbonyl (C=O) groups is 2. The molecule has 2 rings (SSSR count). The van der Waals surface area contributed by atoms with E-state index in [1.165, 1.54) is 11.4 Å². The van der Waals surface area contributed by atoms with Gasteiger partial charge in [-0.15, -0.1) is 0 Å². The summed E-state index contributed by atoms with van der Waals surface area (Å²) < 4.78 is 30.9. The molecule has 1 aliphatic heterocycles. The average molecular weight is 356 g/mol. The molecule has 1 heterocycles. The highest BCUT2D eigenvalue weighted by Crippen LogP contribution is 2.14. The Morgan fingerprint density at radius 3 is 2.33 bits per heavy atom. The molecule has 0 saturated carbocycles. The van der Waals surface area contributed by atoms with E-state index in [2.05, 4.69) is 10.1 Å². The summed E-state index contributed by atoms with van der Waals surface area (Å²) >= 11 is 0. The van der Waals surface area contributed by atoms with Crippen molar-refractivity contribution in [3.63, 3.8) is 0 Å². The molecule has 0 bridgehead atoms. The molecular weight excluding hydrogens is 334 g/mol. The number of carbonyl (C=O) groups excluding carboxylic acids is 2. The highest BCUT2D eigenvalue weighted by atomic mass is 32.2. The topological polar surface area (TPSA) is 97.2 Å². The number of imide groups is 1. The fourth-order valence-electron chi connectivity index (χ4n) is 2.63. The van der Waals surface area contributed by atoms with Crippen LogP contribution in [0.2, 0.25) is 0 Å². The van der Waals surface area contributed by atoms with E-state index in [-0.39, 0.29) is 4.90 Å². The van der Waals surface area contributed by atoms with Crippen molar-refractivity contribution in [2.45, 2.75) is 17.9 Å². The lowest BCUT2D eigenvalue weighted by atomic mass is 10.2. The lowest BCUT2D eigenvalue weighted by Gasteiger charge is -2.34. The highest BCUT2D eigenvalue weighted by molar-refractivity contribution is 7.89. The SMILES string of the molecule is COC(=O)NC(=O)[C@@H](C)[NH+]1CCN(S(=O)(=O)c2ccccc2)CC1. The molecule has 9 heteroatoms. The van der Waals surface area contributed by atoms with Gasteiger partial charge >= 0.3 is 6.09 Å². The second kappa shape index (κ2) is 7.73. The van der Waals surface area contributed by atoms with Crippen molar-refractivity contribution in [1.29, 1.82) is 0 Å². The van der Waals surface area contributed by atoms with Crippen LogP contribution in [0, 0.1) is 0 Å². The first-order valence-electron chi connectivity index (χ1n) is 7.65. The standard InChI is InChI=1S/C15H21N3O5S/c1-12(14(19)16-15(20)23-2)17-8-10-18(11-9-17)24(21,22)13-6-4-3-5-7-13/h3-7,12H,8-11H2,1-2H3,(H,16,19,20)/p+1/t12-/m1/s1. The third-order valence-corrected chi connectivity index (χ3v) is 6.07. The summed E-state index contributed by atoms with van der Waals surface area (Å²) in [6.07, 6.45) is -0.795. The fraction of sp³-hybridized carbons (Fsp3) is 0.467. The van der Waals surface area contributed by atoms with Crippen molar-refractivity contribution in [3.8, 4) is 0 Å². The number of rotatable bonds is 4. The minimum absolute atomic E-state index is 0.268. The number of hydrogen-bond donors (Lipinski definition) is 2. The third kappa shape index (κ3) is 4.11. The maximum Gasteiger partial charge on any atom is 0.413 e. The molecule has 1 fully saturated rings. The second-order valence-corrected chi connectivity index (χ2v) is 7.52. The van der Waals surface area contributed by atoms with Crippen molar-refractivity contribution in [1.82, 2.24) is 9.62 Å². The molecular formula is C15H22N3O5S+. The molecule has 2 N–H and O–H groups in total. The third-order valence-electron chi connectivity index (χ3n) is 4.16. The molecule has 1 aromatic rings. The number of benzene rings is 1. The van der Waals surface area contributed by atoms with Gasteiger partial charge in [-0.2, -0.15) is 4.31 Å². The number of quaternary nitrogens is 1. The van der Waals surface area contributed by atoms with Gasteiger partial charge in [0.15, 0.2) is 6.04 Å². The van der Waals surface area contributed by atoms with Gasteiger partial charge in [-0.25, -0.2) is 13.2 Å². The van der Waals surface area contributed by atoms with Gasteiger partial charge in [-0.05, 0) is 19.1 Å². The lowest BCUT2D eigenvalue weighted by molar-refractivity contribution is -0.917. The minimum atomic E-state index is -3.51. The Morgan fingerprint density at radius 2 is 1.79 bits per heavy atom. The summed E-state index contributed by atoms with van der Waals surface area (Å²) in [5.41, 5.74) is 0. The van der Waals surface area contributed by atoms with E-state index in [4.69, 9.17) is 0 Å². The smallest absolute Gasteiger partial charge is 0.413 e. The molecule has 1 aromatic carbocycles. The first-order chi connectivity index (χ1) is 11.4. The van der Waals surface area contributed by atoms with Crippen LogP contribution in [-0.4, -0.2) is 64.1 Å². The Bertz CT molecular complexity index is 684. The summed E-state index contributed by atoms with van der Waals surface area (Å²) in [5.74, 6) is -0.434. The number of ether oxygens (including phenoxy) is 1. The van der Waals surface area contributed by atoms with Crippen LogP contribution in [0.3, 0.4) is 0 Å². The van der Waals surface area contributed by atoms with Gasteiger partial charge in [-0.1, -0.05) is 18.2 Å². The molecule has 2 amide bonds. The molecule has 1 atom stereocenters. The van der Waals surface area contributed by atoms with Crippen LogP contribution in [0.5, 0.6) is 0 Å². The van der Waals surface area contributed by atoms with Crippen LogP contribution in [0.25, 0.3) is 0 Å². The van der Waals surface area contributed by atoms with Crippen LogP contribution in [0.4, 0.5) is 4.79 Å². The van der Waals surface area contributed by atoms with Gasteiger partial charge in [0.1, 0.15) is 0 Å². The van der Waals surface area contributed by atoms with Crippen molar-refractivity contribution in [2.75, 3.05) is 33.3 Å². The molecule has 8 nitrogen and oxygen atoms in total. The number of methoxy groups -OCH3 is 1. The average Bonchev–Trinajstić information content (AvgIpc) is 2.61.